The summed E-state index contributed by atoms with van der Waals surface area (Å²) in [5.74, 6) is 1.38. The van der Waals surface area contributed by atoms with E-state index >= 15 is 0 Å². The molecule has 0 aromatic heterocycles. The molecule has 0 aliphatic heterocycles. The fourth-order valence-corrected chi connectivity index (χ4v) is 4.96. The van der Waals surface area contributed by atoms with Gasteiger partial charge in [0.25, 0.3) is 0 Å². The summed E-state index contributed by atoms with van der Waals surface area (Å²) in [6.45, 7) is 9.18. The number of carboxylic acids is 1. The van der Waals surface area contributed by atoms with E-state index in [2.05, 4.69) is 27.7 Å². The van der Waals surface area contributed by atoms with Gasteiger partial charge < -0.3 is 5.11 Å². The van der Waals surface area contributed by atoms with Gasteiger partial charge in [-0.1, -0.05) is 47.0 Å². The zero-order chi connectivity index (χ0) is 15.7. The zero-order valence-corrected chi connectivity index (χ0v) is 14.5. The standard InChI is InChI=1S/C19H34O2/c1-5-14-7-6-8-16(13-14)19(17(20)21)11-9-15(10-12-19)18(2,3)4/h14-16H,5-13H2,1-4H3,(H,20,21). The van der Waals surface area contributed by atoms with Crippen molar-refractivity contribution in [1.82, 2.24) is 0 Å². The Balaban J connectivity index is 2.11. The average Bonchev–Trinajstić information content (AvgIpc) is 2.46. The molecule has 0 amide bonds. The van der Waals surface area contributed by atoms with Gasteiger partial charge in [0.1, 0.15) is 0 Å². The number of carbonyl (C=O) groups is 1. The first-order valence-corrected chi connectivity index (χ1v) is 9.03. The van der Waals surface area contributed by atoms with Crippen LogP contribution in [0, 0.1) is 28.6 Å². The lowest BCUT2D eigenvalue weighted by Crippen LogP contribution is -2.45. The van der Waals surface area contributed by atoms with Crippen LogP contribution in [0.4, 0.5) is 0 Å². The summed E-state index contributed by atoms with van der Waals surface area (Å²) in [6.07, 6.45) is 10.1. The molecule has 2 saturated carbocycles. The van der Waals surface area contributed by atoms with Crippen molar-refractivity contribution < 1.29 is 9.90 Å². The lowest BCUT2D eigenvalue weighted by molar-refractivity contribution is -0.158. The lowest BCUT2D eigenvalue weighted by Gasteiger charge is -2.47. The van der Waals surface area contributed by atoms with E-state index in [-0.39, 0.29) is 0 Å². The molecular formula is C19H34O2. The van der Waals surface area contributed by atoms with E-state index in [1.54, 1.807) is 0 Å². The maximum Gasteiger partial charge on any atom is 0.309 e. The number of hydrogen-bond acceptors (Lipinski definition) is 1. The first kappa shape index (κ1) is 16.8. The summed E-state index contributed by atoms with van der Waals surface area (Å²) in [7, 11) is 0. The van der Waals surface area contributed by atoms with Crippen LogP contribution in [0.3, 0.4) is 0 Å². The highest BCUT2D eigenvalue weighted by Gasteiger charge is 2.49. The molecule has 0 spiro atoms. The molecular weight excluding hydrogens is 260 g/mol. The molecule has 2 aliphatic carbocycles. The minimum atomic E-state index is -0.503. The maximum atomic E-state index is 12.1. The van der Waals surface area contributed by atoms with Gasteiger partial charge in [0.05, 0.1) is 5.41 Å². The van der Waals surface area contributed by atoms with Gasteiger partial charge in [0, 0.05) is 0 Å². The topological polar surface area (TPSA) is 37.3 Å². The molecule has 0 aromatic rings. The highest BCUT2D eigenvalue weighted by atomic mass is 16.4. The van der Waals surface area contributed by atoms with Crippen LogP contribution in [-0.4, -0.2) is 11.1 Å². The summed E-state index contributed by atoms with van der Waals surface area (Å²) >= 11 is 0. The fraction of sp³-hybridized carbons (Fsp3) is 0.947. The SMILES string of the molecule is CCC1CCCC(C2(C(=O)O)CCC(C(C)(C)C)CC2)C1. The van der Waals surface area contributed by atoms with Crippen molar-refractivity contribution in [1.29, 1.82) is 0 Å². The van der Waals surface area contributed by atoms with Crippen LogP contribution in [0.2, 0.25) is 0 Å². The van der Waals surface area contributed by atoms with Gasteiger partial charge in [0.15, 0.2) is 0 Å². The van der Waals surface area contributed by atoms with E-state index in [0.29, 0.717) is 17.3 Å². The number of aliphatic carboxylic acids is 1. The minimum Gasteiger partial charge on any atom is -0.481 e. The second-order valence-electron chi connectivity index (χ2n) is 8.74. The predicted molar refractivity (Wildman–Crippen MR) is 87.2 cm³/mol. The van der Waals surface area contributed by atoms with Crippen LogP contribution in [0.25, 0.3) is 0 Å². The Bertz CT molecular complexity index is 358. The second kappa shape index (κ2) is 6.30. The summed E-state index contributed by atoms with van der Waals surface area (Å²) in [6, 6.07) is 0. The van der Waals surface area contributed by atoms with Crippen molar-refractivity contribution in [2.45, 2.75) is 85.5 Å². The maximum absolute atomic E-state index is 12.1. The van der Waals surface area contributed by atoms with Gasteiger partial charge in [-0.3, -0.25) is 4.79 Å². The summed E-state index contributed by atoms with van der Waals surface area (Å²) in [5, 5.41) is 9.99. The summed E-state index contributed by atoms with van der Waals surface area (Å²) in [5.41, 5.74) is -0.0846. The monoisotopic (exact) mass is 294 g/mol. The third-order valence-electron chi connectivity index (χ3n) is 6.67. The van der Waals surface area contributed by atoms with Crippen molar-refractivity contribution in [3.8, 4) is 0 Å². The third-order valence-corrected chi connectivity index (χ3v) is 6.67. The molecule has 2 heteroatoms. The second-order valence-corrected chi connectivity index (χ2v) is 8.74. The van der Waals surface area contributed by atoms with E-state index < -0.39 is 11.4 Å². The number of hydrogen-bond donors (Lipinski definition) is 1. The van der Waals surface area contributed by atoms with Gasteiger partial charge in [-0.15, -0.1) is 0 Å². The van der Waals surface area contributed by atoms with Crippen molar-refractivity contribution in [3.05, 3.63) is 0 Å². The largest absolute Gasteiger partial charge is 0.481 e. The smallest absolute Gasteiger partial charge is 0.309 e. The van der Waals surface area contributed by atoms with Gasteiger partial charge >= 0.3 is 5.97 Å². The molecule has 2 rings (SSSR count). The van der Waals surface area contributed by atoms with E-state index in [1.165, 1.54) is 19.3 Å². The van der Waals surface area contributed by atoms with Crippen molar-refractivity contribution in [2.24, 2.45) is 28.6 Å². The summed E-state index contributed by atoms with van der Waals surface area (Å²) < 4.78 is 0. The minimum absolute atomic E-state index is 0.323. The highest BCUT2D eigenvalue weighted by molar-refractivity contribution is 5.75. The van der Waals surface area contributed by atoms with Crippen LogP contribution in [-0.2, 0) is 4.79 Å². The van der Waals surface area contributed by atoms with Crippen LogP contribution < -0.4 is 0 Å². The van der Waals surface area contributed by atoms with Crippen LogP contribution in [0.15, 0.2) is 0 Å². The van der Waals surface area contributed by atoms with Crippen LogP contribution in [0.5, 0.6) is 0 Å². The van der Waals surface area contributed by atoms with Crippen molar-refractivity contribution in [2.75, 3.05) is 0 Å². The van der Waals surface area contributed by atoms with E-state index in [4.69, 9.17) is 0 Å². The molecule has 2 nitrogen and oxygen atoms in total. The normalized spacial score (nSPS) is 38.2. The number of rotatable bonds is 3. The molecule has 2 aliphatic rings. The Labute approximate surface area is 130 Å². The molecule has 122 valence electrons. The van der Waals surface area contributed by atoms with Gasteiger partial charge in [0.2, 0.25) is 0 Å². The molecule has 0 saturated heterocycles. The van der Waals surface area contributed by atoms with Crippen molar-refractivity contribution >= 4 is 5.97 Å². The molecule has 0 bridgehead atoms. The molecule has 2 atom stereocenters. The Morgan fingerprint density at radius 2 is 1.76 bits per heavy atom. The number of carboxylic acid groups (broad SMARTS) is 1. The third kappa shape index (κ3) is 3.46. The van der Waals surface area contributed by atoms with Crippen molar-refractivity contribution in [3.63, 3.8) is 0 Å². The molecule has 1 N–H and O–H groups in total. The first-order chi connectivity index (χ1) is 9.79. The summed E-state index contributed by atoms with van der Waals surface area (Å²) in [4.78, 5) is 12.1. The molecule has 2 unspecified atom stereocenters. The van der Waals surface area contributed by atoms with Gasteiger partial charge in [-0.25, -0.2) is 0 Å². The lowest BCUT2D eigenvalue weighted by atomic mass is 9.56. The predicted octanol–water partition coefficient (Wildman–Crippen LogP) is 5.51. The van der Waals surface area contributed by atoms with Gasteiger partial charge in [-0.05, 0) is 61.7 Å². The average molecular weight is 294 g/mol. The van der Waals surface area contributed by atoms with E-state index in [9.17, 15) is 9.90 Å². The zero-order valence-electron chi connectivity index (χ0n) is 14.5. The van der Waals surface area contributed by atoms with Gasteiger partial charge in [-0.2, -0.15) is 0 Å². The van der Waals surface area contributed by atoms with E-state index in [1.807, 2.05) is 0 Å². The van der Waals surface area contributed by atoms with Crippen LogP contribution in [0.1, 0.15) is 85.5 Å². The fourth-order valence-electron chi connectivity index (χ4n) is 4.96. The van der Waals surface area contributed by atoms with Crippen LogP contribution >= 0.6 is 0 Å². The first-order valence-electron chi connectivity index (χ1n) is 9.03. The Morgan fingerprint density at radius 3 is 2.24 bits per heavy atom. The Kier molecular flexibility index (Phi) is 5.05. The Hall–Kier alpha value is -0.530. The quantitative estimate of drug-likeness (QED) is 0.745. The molecule has 0 heterocycles. The molecule has 2 fully saturated rings. The Morgan fingerprint density at radius 1 is 1.14 bits per heavy atom. The highest BCUT2D eigenvalue weighted by Crippen LogP contribution is 2.53. The molecule has 0 aromatic carbocycles. The molecule has 21 heavy (non-hydrogen) atoms. The molecule has 0 radical (unpaired) electrons. The van der Waals surface area contributed by atoms with E-state index in [0.717, 1.165) is 44.4 Å².